The fourth-order valence-corrected chi connectivity index (χ4v) is 2.14. The van der Waals surface area contributed by atoms with E-state index < -0.39 is 6.09 Å². The highest BCUT2D eigenvalue weighted by Gasteiger charge is 2.10. The smallest absolute Gasteiger partial charge is 0.413 e. The number of nitrogens with one attached hydrogen (secondary N) is 1. The third-order valence-electron chi connectivity index (χ3n) is 3.44. The molecule has 0 atom stereocenters. The van der Waals surface area contributed by atoms with Crippen molar-refractivity contribution in [2.45, 2.75) is 6.92 Å². The Bertz CT molecular complexity index is 751. The SMILES string of the molecule is COC(=O)N(C)c1ccc(NC(=O)/C=C/c2cccc(C)c2)cc1. The van der Waals surface area contributed by atoms with Gasteiger partial charge in [-0.25, -0.2) is 4.79 Å². The van der Waals surface area contributed by atoms with Crippen LogP contribution in [0.25, 0.3) is 6.08 Å². The Balaban J connectivity index is 1.98. The van der Waals surface area contributed by atoms with Crippen LogP contribution in [0, 0.1) is 6.92 Å². The Morgan fingerprint density at radius 2 is 1.83 bits per heavy atom. The van der Waals surface area contributed by atoms with Gasteiger partial charge in [0.2, 0.25) is 5.91 Å². The van der Waals surface area contributed by atoms with Gasteiger partial charge in [0.15, 0.2) is 0 Å². The molecule has 2 aromatic rings. The standard InChI is InChI=1S/C19H20N2O3/c1-14-5-4-6-15(13-14)7-12-18(22)20-16-8-10-17(11-9-16)21(2)19(23)24-3/h4-13H,1-3H3,(H,20,22)/b12-7+. The summed E-state index contributed by atoms with van der Waals surface area (Å²) in [6.07, 6.45) is 2.80. The molecular formula is C19H20N2O3. The summed E-state index contributed by atoms with van der Waals surface area (Å²) in [6.45, 7) is 2.00. The average Bonchev–Trinajstić information content (AvgIpc) is 2.59. The van der Waals surface area contributed by atoms with E-state index in [1.54, 1.807) is 37.4 Å². The van der Waals surface area contributed by atoms with Crippen LogP contribution in [0.3, 0.4) is 0 Å². The van der Waals surface area contributed by atoms with Gasteiger partial charge >= 0.3 is 6.09 Å². The highest BCUT2D eigenvalue weighted by molar-refractivity contribution is 6.02. The Morgan fingerprint density at radius 3 is 2.46 bits per heavy atom. The highest BCUT2D eigenvalue weighted by atomic mass is 16.5. The molecule has 0 spiro atoms. The largest absolute Gasteiger partial charge is 0.452 e. The zero-order valence-electron chi connectivity index (χ0n) is 13.9. The number of nitrogens with zero attached hydrogens (tertiary/aromatic N) is 1. The van der Waals surface area contributed by atoms with Crippen molar-refractivity contribution in [3.8, 4) is 0 Å². The first-order valence-electron chi connectivity index (χ1n) is 7.47. The zero-order valence-corrected chi connectivity index (χ0v) is 13.9. The van der Waals surface area contributed by atoms with Crippen LogP contribution in [0.4, 0.5) is 16.2 Å². The topological polar surface area (TPSA) is 58.6 Å². The quantitative estimate of drug-likeness (QED) is 0.869. The van der Waals surface area contributed by atoms with Crippen LogP contribution in [-0.2, 0) is 9.53 Å². The van der Waals surface area contributed by atoms with E-state index in [2.05, 4.69) is 10.1 Å². The van der Waals surface area contributed by atoms with Gasteiger partial charge < -0.3 is 10.1 Å². The lowest BCUT2D eigenvalue weighted by Crippen LogP contribution is -2.25. The third-order valence-corrected chi connectivity index (χ3v) is 3.44. The molecule has 0 aliphatic rings. The second-order valence-electron chi connectivity index (χ2n) is 5.31. The van der Waals surface area contributed by atoms with Gasteiger partial charge in [-0.2, -0.15) is 0 Å². The molecule has 1 N–H and O–H groups in total. The molecule has 0 saturated heterocycles. The van der Waals surface area contributed by atoms with E-state index in [1.165, 1.54) is 18.1 Å². The van der Waals surface area contributed by atoms with E-state index in [0.29, 0.717) is 11.4 Å². The highest BCUT2D eigenvalue weighted by Crippen LogP contribution is 2.17. The predicted molar refractivity (Wildman–Crippen MR) is 96.1 cm³/mol. The molecule has 5 nitrogen and oxygen atoms in total. The number of methoxy groups -OCH3 is 1. The lowest BCUT2D eigenvalue weighted by atomic mass is 10.1. The van der Waals surface area contributed by atoms with Gasteiger partial charge in [0.05, 0.1) is 7.11 Å². The maximum Gasteiger partial charge on any atom is 0.413 e. The van der Waals surface area contributed by atoms with Crippen molar-refractivity contribution in [2.24, 2.45) is 0 Å². The predicted octanol–water partition coefficient (Wildman–Crippen LogP) is 3.85. The summed E-state index contributed by atoms with van der Waals surface area (Å²) in [5.74, 6) is -0.217. The zero-order chi connectivity index (χ0) is 17.5. The van der Waals surface area contributed by atoms with Crippen LogP contribution < -0.4 is 10.2 Å². The fourth-order valence-electron chi connectivity index (χ4n) is 2.14. The van der Waals surface area contributed by atoms with Crippen LogP contribution in [0.15, 0.2) is 54.6 Å². The van der Waals surface area contributed by atoms with Crippen LogP contribution >= 0.6 is 0 Å². The molecule has 0 bridgehead atoms. The fraction of sp³-hybridized carbons (Fsp3) is 0.158. The normalized spacial score (nSPS) is 10.5. The molecule has 0 aliphatic heterocycles. The molecule has 5 heteroatoms. The molecular weight excluding hydrogens is 304 g/mol. The lowest BCUT2D eigenvalue weighted by molar-refractivity contribution is -0.111. The summed E-state index contributed by atoms with van der Waals surface area (Å²) < 4.78 is 4.65. The number of anilines is 2. The molecule has 0 aliphatic carbocycles. The number of hydrogen-bond acceptors (Lipinski definition) is 3. The molecule has 24 heavy (non-hydrogen) atoms. The van der Waals surface area contributed by atoms with Gasteiger partial charge in [-0.15, -0.1) is 0 Å². The molecule has 2 aromatic carbocycles. The van der Waals surface area contributed by atoms with E-state index in [4.69, 9.17) is 0 Å². The van der Waals surface area contributed by atoms with E-state index in [0.717, 1.165) is 11.1 Å². The summed E-state index contributed by atoms with van der Waals surface area (Å²) >= 11 is 0. The first-order chi connectivity index (χ1) is 11.5. The van der Waals surface area contributed by atoms with Gasteiger partial charge in [0.1, 0.15) is 0 Å². The molecule has 0 aromatic heterocycles. The number of carbonyl (C=O) groups excluding carboxylic acids is 2. The molecule has 0 unspecified atom stereocenters. The first kappa shape index (κ1) is 17.3. The molecule has 2 rings (SSSR count). The van der Waals surface area contributed by atoms with E-state index in [1.807, 2.05) is 31.2 Å². The molecule has 0 fully saturated rings. The van der Waals surface area contributed by atoms with Crippen molar-refractivity contribution in [3.05, 3.63) is 65.7 Å². The minimum Gasteiger partial charge on any atom is -0.452 e. The first-order valence-corrected chi connectivity index (χ1v) is 7.47. The third kappa shape index (κ3) is 4.71. The van der Waals surface area contributed by atoms with Crippen LogP contribution in [0.2, 0.25) is 0 Å². The van der Waals surface area contributed by atoms with E-state index >= 15 is 0 Å². The Labute approximate surface area is 141 Å². The van der Waals surface area contributed by atoms with Crippen LogP contribution in [0.5, 0.6) is 0 Å². The van der Waals surface area contributed by atoms with Gasteiger partial charge in [0, 0.05) is 24.5 Å². The van der Waals surface area contributed by atoms with Crippen molar-refractivity contribution in [2.75, 3.05) is 24.4 Å². The van der Waals surface area contributed by atoms with Crippen LogP contribution in [-0.4, -0.2) is 26.2 Å². The molecule has 0 saturated carbocycles. The monoisotopic (exact) mass is 324 g/mol. The number of ether oxygens (including phenoxy) is 1. The van der Waals surface area contributed by atoms with Crippen molar-refractivity contribution in [1.29, 1.82) is 0 Å². The van der Waals surface area contributed by atoms with Gasteiger partial charge in [-0.3, -0.25) is 9.69 Å². The minimum atomic E-state index is -0.451. The maximum atomic E-state index is 12.0. The number of hydrogen-bond donors (Lipinski definition) is 1. The summed E-state index contributed by atoms with van der Waals surface area (Å²) in [5, 5.41) is 2.78. The van der Waals surface area contributed by atoms with E-state index in [-0.39, 0.29) is 5.91 Å². The Morgan fingerprint density at radius 1 is 1.12 bits per heavy atom. The second-order valence-corrected chi connectivity index (χ2v) is 5.31. The van der Waals surface area contributed by atoms with Crippen molar-refractivity contribution >= 4 is 29.5 Å². The summed E-state index contributed by atoms with van der Waals surface area (Å²) in [4.78, 5) is 24.8. The number of aryl methyl sites for hydroxylation is 1. The van der Waals surface area contributed by atoms with Crippen LogP contribution in [0.1, 0.15) is 11.1 Å². The molecule has 2 amide bonds. The van der Waals surface area contributed by atoms with Crippen molar-refractivity contribution in [1.82, 2.24) is 0 Å². The number of carbonyl (C=O) groups is 2. The lowest BCUT2D eigenvalue weighted by Gasteiger charge is -2.15. The minimum absolute atomic E-state index is 0.217. The Hall–Kier alpha value is -3.08. The molecule has 0 heterocycles. The Kier molecular flexibility index (Phi) is 5.73. The number of amides is 2. The van der Waals surface area contributed by atoms with Gasteiger partial charge in [-0.1, -0.05) is 29.8 Å². The number of rotatable bonds is 4. The summed E-state index contributed by atoms with van der Waals surface area (Å²) in [6, 6.07) is 14.8. The summed E-state index contributed by atoms with van der Waals surface area (Å²) in [5.41, 5.74) is 3.44. The average molecular weight is 324 g/mol. The summed E-state index contributed by atoms with van der Waals surface area (Å²) in [7, 11) is 2.94. The molecule has 124 valence electrons. The second kappa shape index (κ2) is 7.97. The van der Waals surface area contributed by atoms with Gasteiger partial charge in [-0.05, 0) is 42.8 Å². The number of benzene rings is 2. The van der Waals surface area contributed by atoms with Crippen molar-refractivity contribution < 1.29 is 14.3 Å². The molecule has 0 radical (unpaired) electrons. The van der Waals surface area contributed by atoms with Crippen molar-refractivity contribution in [3.63, 3.8) is 0 Å². The van der Waals surface area contributed by atoms with E-state index in [9.17, 15) is 9.59 Å². The van der Waals surface area contributed by atoms with Gasteiger partial charge in [0.25, 0.3) is 0 Å². The maximum absolute atomic E-state index is 12.0.